The Hall–Kier alpha value is -1.04. The van der Waals surface area contributed by atoms with Gasteiger partial charge in [0.15, 0.2) is 0 Å². The molecule has 2 rings (SSSR count). The van der Waals surface area contributed by atoms with Gasteiger partial charge < -0.3 is 4.90 Å². The van der Waals surface area contributed by atoms with E-state index in [4.69, 9.17) is 0 Å². The van der Waals surface area contributed by atoms with Crippen molar-refractivity contribution >= 4 is 28.8 Å². The zero-order valence-electron chi connectivity index (χ0n) is 7.89. The van der Waals surface area contributed by atoms with Crippen molar-refractivity contribution in [3.05, 3.63) is 0 Å². The second-order valence-electron chi connectivity index (χ2n) is 3.43. The number of thioether (sulfide) groups is 1. The summed E-state index contributed by atoms with van der Waals surface area (Å²) in [6.07, 6.45) is 0. The van der Waals surface area contributed by atoms with E-state index >= 15 is 0 Å². The summed E-state index contributed by atoms with van der Waals surface area (Å²) in [6.45, 7) is 1.63. The number of hydrogen-bond donors (Lipinski definition) is 0. The third-order valence-corrected chi connectivity index (χ3v) is 3.61. The molecule has 0 aromatic heterocycles. The van der Waals surface area contributed by atoms with Crippen LogP contribution >= 0.6 is 11.8 Å². The maximum absolute atomic E-state index is 11.7. The fourth-order valence-electron chi connectivity index (χ4n) is 1.64. The average molecular weight is 214 g/mol. The van der Waals surface area contributed by atoms with Crippen LogP contribution in [0.4, 0.5) is 4.79 Å². The molecule has 0 aromatic rings. The van der Waals surface area contributed by atoms with Crippen LogP contribution in [0.15, 0.2) is 0 Å². The van der Waals surface area contributed by atoms with E-state index in [9.17, 15) is 14.4 Å². The molecule has 5 nitrogen and oxygen atoms in total. The summed E-state index contributed by atoms with van der Waals surface area (Å²) >= 11 is 1.03. The van der Waals surface area contributed by atoms with E-state index < -0.39 is 12.1 Å². The Morgan fingerprint density at radius 3 is 2.57 bits per heavy atom. The Labute approximate surface area is 85.4 Å². The third-order valence-electron chi connectivity index (χ3n) is 2.68. The van der Waals surface area contributed by atoms with Gasteiger partial charge in [0.05, 0.1) is 0 Å². The fourth-order valence-corrected chi connectivity index (χ4v) is 2.59. The minimum atomic E-state index is -0.568. The van der Waals surface area contributed by atoms with Crippen LogP contribution in [0.5, 0.6) is 0 Å². The van der Waals surface area contributed by atoms with Gasteiger partial charge in [0, 0.05) is 12.8 Å². The molecular weight excluding hydrogens is 204 g/mol. The van der Waals surface area contributed by atoms with Gasteiger partial charge in [-0.25, -0.2) is 0 Å². The van der Waals surface area contributed by atoms with Crippen molar-refractivity contribution < 1.29 is 14.4 Å². The summed E-state index contributed by atoms with van der Waals surface area (Å²) in [7, 11) is 1.59. The molecule has 14 heavy (non-hydrogen) atoms. The number of imide groups is 1. The minimum Gasteiger partial charge on any atom is -0.332 e. The molecule has 2 aliphatic rings. The molecule has 2 atom stereocenters. The molecule has 2 fully saturated rings. The highest BCUT2D eigenvalue weighted by molar-refractivity contribution is 8.14. The number of hydrogen-bond acceptors (Lipinski definition) is 4. The number of carbonyl (C=O) groups is 3. The van der Waals surface area contributed by atoms with Crippen LogP contribution in [0.2, 0.25) is 0 Å². The first kappa shape index (κ1) is 9.51. The van der Waals surface area contributed by atoms with Crippen molar-refractivity contribution in [2.24, 2.45) is 0 Å². The first-order chi connectivity index (χ1) is 6.54. The van der Waals surface area contributed by atoms with E-state index in [0.717, 1.165) is 16.7 Å². The maximum Gasteiger partial charge on any atom is 0.289 e. The average Bonchev–Trinajstić information content (AvgIpc) is 2.54. The Morgan fingerprint density at radius 1 is 1.29 bits per heavy atom. The Balaban J connectivity index is 2.37. The Bertz CT molecular complexity index is 331. The molecule has 0 N–H and O–H groups in total. The molecule has 2 unspecified atom stereocenters. The summed E-state index contributed by atoms with van der Waals surface area (Å²) in [6, 6.07) is -1.09. The first-order valence-electron chi connectivity index (χ1n) is 4.30. The van der Waals surface area contributed by atoms with Crippen molar-refractivity contribution in [3.63, 3.8) is 0 Å². The number of piperazine rings is 1. The van der Waals surface area contributed by atoms with E-state index in [0.29, 0.717) is 5.75 Å². The van der Waals surface area contributed by atoms with Gasteiger partial charge in [0.2, 0.25) is 5.91 Å². The summed E-state index contributed by atoms with van der Waals surface area (Å²) in [5, 5.41) is -0.298. The van der Waals surface area contributed by atoms with Crippen molar-refractivity contribution in [1.82, 2.24) is 9.80 Å². The van der Waals surface area contributed by atoms with Gasteiger partial charge in [-0.05, 0) is 6.92 Å². The normalized spacial score (nSPS) is 32.6. The van der Waals surface area contributed by atoms with Crippen molar-refractivity contribution in [2.75, 3.05) is 12.8 Å². The summed E-state index contributed by atoms with van der Waals surface area (Å²) in [4.78, 5) is 37.2. The molecule has 0 radical (unpaired) electrons. The summed E-state index contributed by atoms with van der Waals surface area (Å²) in [5.74, 6) is -0.0250. The Morgan fingerprint density at radius 2 is 1.93 bits per heavy atom. The van der Waals surface area contributed by atoms with Crippen LogP contribution < -0.4 is 0 Å². The van der Waals surface area contributed by atoms with Gasteiger partial charge in [-0.3, -0.25) is 19.3 Å². The predicted octanol–water partition coefficient (Wildman–Crippen LogP) is -0.0891. The number of amides is 3. The summed E-state index contributed by atoms with van der Waals surface area (Å²) in [5.41, 5.74) is 0. The third kappa shape index (κ3) is 1.06. The van der Waals surface area contributed by atoms with Crippen LogP contribution in [-0.4, -0.2) is 51.7 Å². The van der Waals surface area contributed by atoms with E-state index in [2.05, 4.69) is 0 Å². The fraction of sp³-hybridized carbons (Fsp3) is 0.625. The highest BCUT2D eigenvalue weighted by atomic mass is 32.2. The highest BCUT2D eigenvalue weighted by Crippen LogP contribution is 2.29. The first-order valence-corrected chi connectivity index (χ1v) is 5.29. The standard InChI is InChI=1S/C8H10N2O3S/c1-4-6(11)10-5(3-14-8(10)13)7(12)9(4)2/h4-5H,3H2,1-2H3. The number of nitrogens with zero attached hydrogens (tertiary/aromatic N) is 2. The van der Waals surface area contributed by atoms with Crippen LogP contribution in [0.3, 0.4) is 0 Å². The second-order valence-corrected chi connectivity index (χ2v) is 4.40. The molecule has 6 heteroatoms. The molecule has 0 saturated carbocycles. The van der Waals surface area contributed by atoms with E-state index in [1.807, 2.05) is 0 Å². The van der Waals surface area contributed by atoms with Crippen LogP contribution in [0.1, 0.15) is 6.92 Å². The van der Waals surface area contributed by atoms with Crippen LogP contribution in [-0.2, 0) is 9.59 Å². The number of likely N-dealkylation sites (N-methyl/N-ethyl adjacent to an activating group) is 1. The second kappa shape index (κ2) is 2.98. The highest BCUT2D eigenvalue weighted by Gasteiger charge is 2.49. The maximum atomic E-state index is 11.7. The molecule has 0 spiro atoms. The Kier molecular flexibility index (Phi) is 2.02. The molecule has 0 bridgehead atoms. The number of fused-ring (bicyclic) bond motifs is 1. The largest absolute Gasteiger partial charge is 0.332 e. The van der Waals surface area contributed by atoms with E-state index in [1.165, 1.54) is 4.90 Å². The number of carbonyl (C=O) groups excluding carboxylic acids is 3. The van der Waals surface area contributed by atoms with Crippen molar-refractivity contribution in [1.29, 1.82) is 0 Å². The van der Waals surface area contributed by atoms with E-state index in [1.54, 1.807) is 14.0 Å². The lowest BCUT2D eigenvalue weighted by molar-refractivity contribution is -0.153. The zero-order chi connectivity index (χ0) is 10.5. The molecule has 3 amide bonds. The lowest BCUT2D eigenvalue weighted by atomic mass is 10.1. The monoisotopic (exact) mass is 214 g/mol. The smallest absolute Gasteiger partial charge is 0.289 e. The molecule has 2 aliphatic heterocycles. The van der Waals surface area contributed by atoms with Gasteiger partial charge in [-0.1, -0.05) is 11.8 Å². The van der Waals surface area contributed by atoms with Gasteiger partial charge in [0.1, 0.15) is 12.1 Å². The lowest BCUT2D eigenvalue weighted by Crippen LogP contribution is -2.61. The van der Waals surface area contributed by atoms with Gasteiger partial charge in [-0.15, -0.1) is 0 Å². The minimum absolute atomic E-state index is 0.143. The molecular formula is C8H10N2O3S. The van der Waals surface area contributed by atoms with E-state index in [-0.39, 0.29) is 17.1 Å². The zero-order valence-corrected chi connectivity index (χ0v) is 8.71. The molecule has 2 saturated heterocycles. The van der Waals surface area contributed by atoms with Crippen LogP contribution in [0, 0.1) is 0 Å². The lowest BCUT2D eigenvalue weighted by Gasteiger charge is -2.36. The van der Waals surface area contributed by atoms with Crippen LogP contribution in [0.25, 0.3) is 0 Å². The van der Waals surface area contributed by atoms with Crippen molar-refractivity contribution in [3.8, 4) is 0 Å². The quantitative estimate of drug-likeness (QED) is 0.565. The van der Waals surface area contributed by atoms with Gasteiger partial charge in [0.25, 0.3) is 11.1 Å². The van der Waals surface area contributed by atoms with Crippen molar-refractivity contribution in [2.45, 2.75) is 19.0 Å². The summed E-state index contributed by atoms with van der Waals surface area (Å²) < 4.78 is 0. The molecule has 76 valence electrons. The van der Waals surface area contributed by atoms with Gasteiger partial charge >= 0.3 is 0 Å². The topological polar surface area (TPSA) is 57.7 Å². The molecule has 0 aliphatic carbocycles. The molecule has 0 aromatic carbocycles. The molecule has 2 heterocycles. The predicted molar refractivity (Wildman–Crippen MR) is 50.7 cm³/mol. The SMILES string of the molecule is CC1C(=O)N2C(=O)SCC2C(=O)N1C. The number of rotatable bonds is 0. The van der Waals surface area contributed by atoms with Gasteiger partial charge in [-0.2, -0.15) is 0 Å².